The highest BCUT2D eigenvalue weighted by Crippen LogP contribution is 2.34. The average Bonchev–Trinajstić information content (AvgIpc) is 3.20. The Kier molecular flexibility index (Phi) is 5.42. The number of rotatable bonds is 5. The molecule has 182 valence electrons. The number of benzene rings is 2. The summed E-state index contributed by atoms with van der Waals surface area (Å²) in [5, 5.41) is 20.1. The van der Waals surface area contributed by atoms with Crippen LogP contribution in [0.2, 0.25) is 0 Å². The molecular formula is C24H24F2N6O3. The molecule has 0 saturated carbocycles. The molecule has 11 heteroatoms. The van der Waals surface area contributed by atoms with Crippen LogP contribution in [-0.4, -0.2) is 49.7 Å². The smallest absolute Gasteiger partial charge is 0.350 e. The van der Waals surface area contributed by atoms with Gasteiger partial charge in [0.05, 0.1) is 17.1 Å². The molecule has 0 radical (unpaired) electrons. The Hall–Kier alpha value is -4.02. The van der Waals surface area contributed by atoms with Crippen molar-refractivity contribution >= 4 is 34.2 Å². The number of para-hydroxylation sites is 1. The number of nitrogens with zero attached hydrogens (tertiary/aromatic N) is 4. The van der Waals surface area contributed by atoms with Gasteiger partial charge in [0.25, 0.3) is 5.92 Å². The second-order valence-corrected chi connectivity index (χ2v) is 8.91. The summed E-state index contributed by atoms with van der Waals surface area (Å²) < 4.78 is 28.9. The standard InChI is InChI=1S/C24H24F2N6O3/c1-13-11-16(14(2)27-18-6-4-3-5-15(18)21(33)34)19-17(12-13)20-29-30-23(35)32(20)22(28-19)31-9-7-24(25,26)8-10-31/h3-6,11-12,14,27H,7-10H2,1-2H3,(H,30,35)(H,33,34)/t14-/m1/s1. The first kappa shape index (κ1) is 22.8. The third kappa shape index (κ3) is 4.07. The molecule has 1 aliphatic rings. The number of anilines is 2. The second-order valence-electron chi connectivity index (χ2n) is 8.91. The highest BCUT2D eigenvalue weighted by Gasteiger charge is 2.35. The molecule has 4 aromatic rings. The van der Waals surface area contributed by atoms with Crippen LogP contribution in [-0.2, 0) is 0 Å². The van der Waals surface area contributed by atoms with E-state index in [0.29, 0.717) is 22.2 Å². The minimum atomic E-state index is -2.74. The van der Waals surface area contributed by atoms with Crippen molar-refractivity contribution in [2.45, 2.75) is 38.7 Å². The lowest BCUT2D eigenvalue weighted by Gasteiger charge is -2.32. The van der Waals surface area contributed by atoms with Crippen molar-refractivity contribution in [2.75, 3.05) is 23.3 Å². The summed E-state index contributed by atoms with van der Waals surface area (Å²) in [5.74, 6) is -3.54. The van der Waals surface area contributed by atoms with Crippen molar-refractivity contribution in [3.63, 3.8) is 0 Å². The Balaban J connectivity index is 1.66. The van der Waals surface area contributed by atoms with Crippen molar-refractivity contribution in [3.05, 3.63) is 63.6 Å². The van der Waals surface area contributed by atoms with Gasteiger partial charge in [-0.2, -0.15) is 5.10 Å². The molecule has 0 spiro atoms. The van der Waals surface area contributed by atoms with Gasteiger partial charge in [0, 0.05) is 42.6 Å². The molecule has 2 aromatic carbocycles. The summed E-state index contributed by atoms with van der Waals surface area (Å²) in [4.78, 5) is 30.8. The van der Waals surface area contributed by atoms with Gasteiger partial charge in [-0.1, -0.05) is 18.2 Å². The van der Waals surface area contributed by atoms with Crippen molar-refractivity contribution in [2.24, 2.45) is 0 Å². The molecule has 1 aliphatic heterocycles. The fourth-order valence-corrected chi connectivity index (χ4v) is 4.60. The van der Waals surface area contributed by atoms with Crippen LogP contribution in [0.25, 0.3) is 16.6 Å². The van der Waals surface area contributed by atoms with Crippen LogP contribution < -0.4 is 15.9 Å². The fraction of sp³-hybridized carbons (Fsp3) is 0.333. The van der Waals surface area contributed by atoms with Crippen LogP contribution in [0.4, 0.5) is 20.4 Å². The topological polar surface area (TPSA) is 116 Å². The SMILES string of the molecule is Cc1cc([C@@H](C)Nc2ccccc2C(=O)O)c2nc(N3CCC(F)(F)CC3)n3c(=O)[nH]nc3c2c1. The Morgan fingerprint density at radius 1 is 1.23 bits per heavy atom. The number of aromatic carboxylic acids is 1. The van der Waals surface area contributed by atoms with E-state index in [0.717, 1.165) is 11.1 Å². The second kappa shape index (κ2) is 8.33. The van der Waals surface area contributed by atoms with E-state index in [1.165, 1.54) is 10.5 Å². The van der Waals surface area contributed by atoms with E-state index in [-0.39, 0.29) is 43.5 Å². The Labute approximate surface area is 198 Å². The molecule has 0 aliphatic carbocycles. The highest BCUT2D eigenvalue weighted by molar-refractivity contribution is 5.96. The third-order valence-corrected chi connectivity index (χ3v) is 6.38. The number of aromatic nitrogens is 4. The van der Waals surface area contributed by atoms with Crippen molar-refractivity contribution in [3.8, 4) is 0 Å². The Morgan fingerprint density at radius 2 is 1.94 bits per heavy atom. The number of hydrogen-bond acceptors (Lipinski definition) is 6. The lowest BCUT2D eigenvalue weighted by molar-refractivity contribution is -0.0223. The number of halogens is 2. The largest absolute Gasteiger partial charge is 0.478 e. The molecule has 0 unspecified atom stereocenters. The highest BCUT2D eigenvalue weighted by atomic mass is 19.3. The number of H-pyrrole nitrogens is 1. The van der Waals surface area contributed by atoms with Crippen LogP contribution in [0.5, 0.6) is 0 Å². The monoisotopic (exact) mass is 482 g/mol. The van der Waals surface area contributed by atoms with Gasteiger partial charge >= 0.3 is 11.7 Å². The summed E-state index contributed by atoms with van der Waals surface area (Å²) in [6.45, 7) is 3.90. The van der Waals surface area contributed by atoms with Gasteiger partial charge in [0.1, 0.15) is 0 Å². The summed E-state index contributed by atoms with van der Waals surface area (Å²) in [7, 11) is 0. The first-order chi connectivity index (χ1) is 16.6. The molecule has 0 amide bonds. The molecule has 5 rings (SSSR count). The maximum absolute atomic E-state index is 13.8. The molecule has 3 heterocycles. The average molecular weight is 482 g/mol. The van der Waals surface area contributed by atoms with Crippen LogP contribution in [0, 0.1) is 6.92 Å². The van der Waals surface area contributed by atoms with Gasteiger partial charge in [-0.15, -0.1) is 0 Å². The van der Waals surface area contributed by atoms with E-state index in [4.69, 9.17) is 4.98 Å². The van der Waals surface area contributed by atoms with E-state index < -0.39 is 17.6 Å². The Bertz CT molecular complexity index is 1500. The number of carboxylic acid groups (broad SMARTS) is 1. The van der Waals surface area contributed by atoms with Gasteiger partial charge in [-0.25, -0.2) is 32.9 Å². The number of aromatic amines is 1. The van der Waals surface area contributed by atoms with Crippen LogP contribution in [0.1, 0.15) is 47.3 Å². The number of fused-ring (bicyclic) bond motifs is 3. The normalized spacial score (nSPS) is 16.5. The molecule has 2 aromatic heterocycles. The van der Waals surface area contributed by atoms with E-state index in [2.05, 4.69) is 15.5 Å². The zero-order valence-corrected chi connectivity index (χ0v) is 19.2. The van der Waals surface area contributed by atoms with Gasteiger partial charge in [0.2, 0.25) is 5.95 Å². The first-order valence-corrected chi connectivity index (χ1v) is 11.3. The molecular weight excluding hydrogens is 458 g/mol. The lowest BCUT2D eigenvalue weighted by atomic mass is 10.0. The van der Waals surface area contributed by atoms with Gasteiger partial charge < -0.3 is 15.3 Å². The number of aryl methyl sites for hydroxylation is 1. The van der Waals surface area contributed by atoms with E-state index in [1.54, 1.807) is 23.1 Å². The Morgan fingerprint density at radius 3 is 2.66 bits per heavy atom. The van der Waals surface area contributed by atoms with E-state index in [1.807, 2.05) is 26.0 Å². The minimum Gasteiger partial charge on any atom is -0.478 e. The van der Waals surface area contributed by atoms with Crippen molar-refractivity contribution in [1.29, 1.82) is 0 Å². The number of hydrogen-bond donors (Lipinski definition) is 3. The molecule has 1 fully saturated rings. The predicted octanol–water partition coefficient (Wildman–Crippen LogP) is 3.99. The molecule has 1 atom stereocenters. The van der Waals surface area contributed by atoms with Crippen LogP contribution >= 0.6 is 0 Å². The summed E-state index contributed by atoms with van der Waals surface area (Å²) in [6, 6.07) is 10.1. The van der Waals surface area contributed by atoms with Gasteiger partial charge in [-0.3, -0.25) is 0 Å². The maximum atomic E-state index is 13.8. The lowest BCUT2D eigenvalue weighted by Crippen LogP contribution is -2.41. The van der Waals surface area contributed by atoms with E-state index >= 15 is 0 Å². The summed E-state index contributed by atoms with van der Waals surface area (Å²) in [5.41, 5.74) is 2.68. The zero-order valence-electron chi connectivity index (χ0n) is 19.2. The fourth-order valence-electron chi connectivity index (χ4n) is 4.60. The van der Waals surface area contributed by atoms with E-state index in [9.17, 15) is 23.5 Å². The predicted molar refractivity (Wildman–Crippen MR) is 128 cm³/mol. The first-order valence-electron chi connectivity index (χ1n) is 11.3. The quantitative estimate of drug-likeness (QED) is 0.394. The summed E-state index contributed by atoms with van der Waals surface area (Å²) in [6.07, 6.45) is -0.656. The van der Waals surface area contributed by atoms with Gasteiger partial charge in [0.15, 0.2) is 5.65 Å². The van der Waals surface area contributed by atoms with Crippen LogP contribution in [0.3, 0.4) is 0 Å². The van der Waals surface area contributed by atoms with Gasteiger partial charge in [-0.05, 0) is 37.6 Å². The number of carboxylic acids is 1. The number of piperidine rings is 1. The number of alkyl halides is 2. The number of nitrogens with one attached hydrogen (secondary N) is 2. The summed E-state index contributed by atoms with van der Waals surface area (Å²) >= 11 is 0. The number of carbonyl (C=O) groups is 1. The minimum absolute atomic E-state index is 0.0548. The maximum Gasteiger partial charge on any atom is 0.350 e. The van der Waals surface area contributed by atoms with Crippen molar-refractivity contribution < 1.29 is 18.7 Å². The molecule has 9 nitrogen and oxygen atoms in total. The molecule has 1 saturated heterocycles. The van der Waals surface area contributed by atoms with Crippen molar-refractivity contribution in [1.82, 2.24) is 19.6 Å². The molecule has 35 heavy (non-hydrogen) atoms. The van der Waals surface area contributed by atoms with Crippen LogP contribution in [0.15, 0.2) is 41.2 Å². The zero-order chi connectivity index (χ0) is 24.9. The molecule has 3 N–H and O–H groups in total. The molecule has 0 bridgehead atoms. The third-order valence-electron chi connectivity index (χ3n) is 6.38.